The zero-order valence-electron chi connectivity index (χ0n) is 13.1. The van der Waals surface area contributed by atoms with Gasteiger partial charge in [0.25, 0.3) is 0 Å². The molecule has 0 spiro atoms. The Balaban J connectivity index is 4.86. The summed E-state index contributed by atoms with van der Waals surface area (Å²) in [5.74, 6) is 0.211. The van der Waals surface area contributed by atoms with Gasteiger partial charge in [-0.05, 0) is 31.7 Å². The van der Waals surface area contributed by atoms with E-state index in [1.807, 2.05) is 13.8 Å². The molecule has 0 rings (SSSR count). The molecule has 0 fully saturated rings. The summed E-state index contributed by atoms with van der Waals surface area (Å²) in [4.78, 5) is 25.4. The second-order valence-corrected chi connectivity index (χ2v) is 5.97. The van der Waals surface area contributed by atoms with Crippen LogP contribution in [-0.2, 0) is 9.59 Å². The normalized spacial score (nSPS) is 14.5. The number of hydrogen-bond acceptors (Lipinski definition) is 3. The third kappa shape index (κ3) is 6.05. The lowest BCUT2D eigenvalue weighted by molar-refractivity contribution is -0.140. The minimum absolute atomic E-state index is 0.0688. The molecule has 0 saturated carbocycles. The summed E-state index contributed by atoms with van der Waals surface area (Å²) in [5.41, 5.74) is 5.41. The molecule has 0 aromatic carbocycles. The van der Waals surface area contributed by atoms with Gasteiger partial charge >= 0.3 is 0 Å². The fraction of sp³-hybridized carbons (Fsp3) is 0.857. The standard InChI is InChI=1S/C14H29N3O2/c1-9(2)7-11(16-5)14(19)17(6)12(13(15)18)8-10(3)4/h9-12,16H,7-8H2,1-6H3,(H2,15,18)/t11-,12-/m0/s1. The summed E-state index contributed by atoms with van der Waals surface area (Å²) in [6, 6.07) is -0.797. The third-order valence-electron chi connectivity index (χ3n) is 3.19. The fourth-order valence-corrected chi connectivity index (χ4v) is 2.12. The summed E-state index contributed by atoms with van der Waals surface area (Å²) in [5, 5.41) is 3.02. The minimum Gasteiger partial charge on any atom is -0.368 e. The van der Waals surface area contributed by atoms with E-state index in [0.717, 1.165) is 6.42 Å². The van der Waals surface area contributed by atoms with Crippen molar-refractivity contribution in [1.29, 1.82) is 0 Å². The second-order valence-electron chi connectivity index (χ2n) is 5.97. The van der Waals surface area contributed by atoms with Gasteiger partial charge < -0.3 is 16.0 Å². The topological polar surface area (TPSA) is 75.4 Å². The first kappa shape index (κ1) is 17.9. The molecule has 0 aromatic rings. The minimum atomic E-state index is -0.532. The molecule has 2 amide bonds. The van der Waals surface area contributed by atoms with Crippen molar-refractivity contribution in [3.8, 4) is 0 Å². The molecule has 5 nitrogen and oxygen atoms in total. The van der Waals surface area contributed by atoms with Crippen LogP contribution >= 0.6 is 0 Å². The van der Waals surface area contributed by atoms with Crippen LogP contribution in [0.2, 0.25) is 0 Å². The predicted molar refractivity (Wildman–Crippen MR) is 77.5 cm³/mol. The molecule has 0 radical (unpaired) electrons. The maximum atomic E-state index is 12.4. The van der Waals surface area contributed by atoms with E-state index < -0.39 is 11.9 Å². The molecule has 2 atom stereocenters. The Kier molecular flexibility index (Phi) is 7.68. The van der Waals surface area contributed by atoms with Crippen LogP contribution in [0.4, 0.5) is 0 Å². The van der Waals surface area contributed by atoms with Crippen LogP contribution in [0, 0.1) is 11.8 Å². The van der Waals surface area contributed by atoms with Crippen LogP contribution in [0.5, 0.6) is 0 Å². The Bertz CT molecular complexity index is 303. The van der Waals surface area contributed by atoms with Crippen molar-refractivity contribution in [1.82, 2.24) is 10.2 Å². The van der Waals surface area contributed by atoms with Crippen LogP contribution < -0.4 is 11.1 Å². The lowest BCUT2D eigenvalue weighted by Crippen LogP contribution is -2.52. The summed E-state index contributed by atoms with van der Waals surface area (Å²) in [6.07, 6.45) is 1.34. The van der Waals surface area contributed by atoms with E-state index in [-0.39, 0.29) is 11.9 Å². The van der Waals surface area contributed by atoms with Gasteiger partial charge in [-0.1, -0.05) is 27.7 Å². The van der Waals surface area contributed by atoms with E-state index in [2.05, 4.69) is 19.2 Å². The smallest absolute Gasteiger partial charge is 0.240 e. The van der Waals surface area contributed by atoms with Gasteiger partial charge in [-0.15, -0.1) is 0 Å². The largest absolute Gasteiger partial charge is 0.368 e. The highest BCUT2D eigenvalue weighted by atomic mass is 16.2. The molecule has 0 unspecified atom stereocenters. The third-order valence-corrected chi connectivity index (χ3v) is 3.19. The van der Waals surface area contributed by atoms with Crippen LogP contribution in [0.3, 0.4) is 0 Å². The Labute approximate surface area is 116 Å². The lowest BCUT2D eigenvalue weighted by atomic mass is 9.99. The molecule has 0 aliphatic heterocycles. The number of amides is 2. The highest BCUT2D eigenvalue weighted by Crippen LogP contribution is 2.13. The first-order valence-electron chi connectivity index (χ1n) is 6.93. The lowest BCUT2D eigenvalue weighted by Gasteiger charge is -2.30. The number of nitrogens with zero attached hydrogens (tertiary/aromatic N) is 1. The Morgan fingerprint density at radius 1 is 1.11 bits per heavy atom. The van der Waals surface area contributed by atoms with Gasteiger partial charge in [0.2, 0.25) is 11.8 Å². The fourth-order valence-electron chi connectivity index (χ4n) is 2.12. The number of carbonyl (C=O) groups excluding carboxylic acids is 2. The highest BCUT2D eigenvalue weighted by Gasteiger charge is 2.29. The second kappa shape index (κ2) is 8.15. The van der Waals surface area contributed by atoms with Crippen LogP contribution in [-0.4, -0.2) is 42.9 Å². The number of likely N-dealkylation sites (N-methyl/N-ethyl adjacent to an activating group) is 2. The quantitative estimate of drug-likeness (QED) is 0.691. The number of nitrogens with one attached hydrogen (secondary N) is 1. The number of primary amides is 1. The molecule has 0 heterocycles. The monoisotopic (exact) mass is 271 g/mol. The van der Waals surface area contributed by atoms with Gasteiger partial charge in [-0.2, -0.15) is 0 Å². The van der Waals surface area contributed by atoms with Crippen LogP contribution in [0.15, 0.2) is 0 Å². The summed E-state index contributed by atoms with van der Waals surface area (Å²) >= 11 is 0. The zero-order chi connectivity index (χ0) is 15.2. The number of carbonyl (C=O) groups is 2. The van der Waals surface area contributed by atoms with Crippen molar-refractivity contribution in [2.24, 2.45) is 17.6 Å². The molecule has 0 aliphatic rings. The molecule has 0 aromatic heterocycles. The first-order chi connectivity index (χ1) is 8.70. The van der Waals surface area contributed by atoms with Crippen molar-refractivity contribution < 1.29 is 9.59 Å². The van der Waals surface area contributed by atoms with Crippen molar-refractivity contribution in [3.05, 3.63) is 0 Å². The Hall–Kier alpha value is -1.10. The molecule has 0 bridgehead atoms. The predicted octanol–water partition coefficient (Wildman–Crippen LogP) is 0.979. The van der Waals surface area contributed by atoms with Gasteiger partial charge in [0.1, 0.15) is 6.04 Å². The number of rotatable bonds is 8. The van der Waals surface area contributed by atoms with Crippen molar-refractivity contribution in [2.45, 2.75) is 52.6 Å². The van der Waals surface area contributed by atoms with Gasteiger partial charge in [0.15, 0.2) is 0 Å². The highest BCUT2D eigenvalue weighted by molar-refractivity contribution is 5.88. The maximum Gasteiger partial charge on any atom is 0.240 e. The molecule has 0 aliphatic carbocycles. The van der Waals surface area contributed by atoms with Crippen molar-refractivity contribution in [3.63, 3.8) is 0 Å². The molecular formula is C14H29N3O2. The SMILES string of the molecule is CN[C@@H](CC(C)C)C(=O)N(C)[C@@H](CC(C)C)C(N)=O. The van der Waals surface area contributed by atoms with Crippen molar-refractivity contribution in [2.75, 3.05) is 14.1 Å². The van der Waals surface area contributed by atoms with Crippen LogP contribution in [0.25, 0.3) is 0 Å². The average Bonchev–Trinajstić information content (AvgIpc) is 2.30. The van der Waals surface area contributed by atoms with E-state index in [0.29, 0.717) is 18.3 Å². The van der Waals surface area contributed by atoms with Gasteiger partial charge in [-0.25, -0.2) is 0 Å². The number of hydrogen-bond donors (Lipinski definition) is 2. The van der Waals surface area contributed by atoms with E-state index in [1.54, 1.807) is 14.1 Å². The molecule has 19 heavy (non-hydrogen) atoms. The maximum absolute atomic E-state index is 12.4. The van der Waals surface area contributed by atoms with Gasteiger partial charge in [0.05, 0.1) is 6.04 Å². The van der Waals surface area contributed by atoms with E-state index in [4.69, 9.17) is 5.73 Å². The molecule has 112 valence electrons. The van der Waals surface area contributed by atoms with Crippen LogP contribution in [0.1, 0.15) is 40.5 Å². The molecule has 3 N–H and O–H groups in total. The van der Waals surface area contributed by atoms with Gasteiger partial charge in [0, 0.05) is 7.05 Å². The molecule has 5 heteroatoms. The summed E-state index contributed by atoms with van der Waals surface area (Å²) in [7, 11) is 3.42. The molecular weight excluding hydrogens is 242 g/mol. The van der Waals surface area contributed by atoms with Gasteiger partial charge in [-0.3, -0.25) is 9.59 Å². The van der Waals surface area contributed by atoms with Crippen molar-refractivity contribution >= 4 is 11.8 Å². The Morgan fingerprint density at radius 3 is 1.89 bits per heavy atom. The summed E-state index contributed by atoms with van der Waals surface area (Å²) < 4.78 is 0. The Morgan fingerprint density at radius 2 is 1.58 bits per heavy atom. The van der Waals surface area contributed by atoms with E-state index >= 15 is 0 Å². The van der Waals surface area contributed by atoms with E-state index in [1.165, 1.54) is 4.90 Å². The van der Waals surface area contributed by atoms with E-state index in [9.17, 15) is 9.59 Å². The zero-order valence-corrected chi connectivity index (χ0v) is 13.1. The average molecular weight is 271 g/mol. The first-order valence-corrected chi connectivity index (χ1v) is 6.93. The number of nitrogens with two attached hydrogens (primary N) is 1. The molecule has 0 saturated heterocycles. The summed E-state index contributed by atoms with van der Waals surface area (Å²) in [6.45, 7) is 8.16.